The molecule has 0 aliphatic heterocycles. The van der Waals surface area contributed by atoms with Crippen molar-refractivity contribution in [2.75, 3.05) is 51.6 Å². The van der Waals surface area contributed by atoms with E-state index in [2.05, 4.69) is 20.9 Å². The molecule has 0 radical (unpaired) electrons. The van der Waals surface area contributed by atoms with Crippen LogP contribution in [0.5, 0.6) is 5.75 Å². The van der Waals surface area contributed by atoms with Gasteiger partial charge in [0.1, 0.15) is 22.6 Å². The number of hydrogen-bond donors (Lipinski definition) is 3. The van der Waals surface area contributed by atoms with Crippen LogP contribution in [0, 0.1) is 0 Å². The Morgan fingerprint density at radius 1 is 0.922 bits per heavy atom. The molecule has 0 aliphatic rings. The zero-order valence-corrected chi connectivity index (χ0v) is 32.5. The van der Waals surface area contributed by atoms with E-state index in [1.807, 2.05) is 58.7 Å². The molecule has 1 aromatic carbocycles. The van der Waals surface area contributed by atoms with Crippen LogP contribution in [0.15, 0.2) is 47.6 Å². The molecule has 1 aromatic heterocycles. The summed E-state index contributed by atoms with van der Waals surface area (Å²) >= 11 is 0. The van der Waals surface area contributed by atoms with Gasteiger partial charge in [-0.1, -0.05) is 18.9 Å². The topological polar surface area (TPSA) is 153 Å². The number of methoxy groups -OCH3 is 2. The maximum absolute atomic E-state index is 13.3. The summed E-state index contributed by atoms with van der Waals surface area (Å²) in [6.07, 6.45) is 8.24. The fourth-order valence-electron chi connectivity index (χ4n) is 5.10. The average molecular weight is 711 g/mol. The van der Waals surface area contributed by atoms with E-state index in [1.54, 1.807) is 58.3 Å². The molecule has 51 heavy (non-hydrogen) atoms. The first-order valence-corrected chi connectivity index (χ1v) is 17.2. The molecule has 0 saturated heterocycles. The Bertz CT molecular complexity index is 1520. The highest BCUT2D eigenvalue weighted by Crippen LogP contribution is 2.40. The minimum Gasteiger partial charge on any atom is -0.494 e. The smallest absolute Gasteiger partial charge is 0.407 e. The summed E-state index contributed by atoms with van der Waals surface area (Å²) in [5.74, 6) is -1.76. The lowest BCUT2D eigenvalue weighted by atomic mass is 10.1. The Morgan fingerprint density at radius 3 is 2.14 bits per heavy atom. The van der Waals surface area contributed by atoms with Crippen molar-refractivity contribution in [1.29, 1.82) is 0 Å². The molecule has 1 unspecified atom stereocenters. The lowest BCUT2D eigenvalue weighted by molar-refractivity contribution is 0.00620. The van der Waals surface area contributed by atoms with Crippen LogP contribution in [-0.4, -0.2) is 87.1 Å². The molecular weight excluding hydrogens is 652 g/mol. The third kappa shape index (κ3) is 13.2. The lowest BCUT2D eigenvalue weighted by Gasteiger charge is -2.40. The van der Waals surface area contributed by atoms with Gasteiger partial charge in [0.05, 0.1) is 31.2 Å². The molecule has 0 fully saturated rings. The SMILES string of the molecule is C/C=C\C(=N/C(C)(NCCCCCCNC(=O)OC(C)(C)C)N(C)c1c(NC)cc(C(=O)OC)cc1OC)c1cccnc1C(=O)OC(C)(C)C. The molecule has 1 amide bonds. The number of allylic oxidation sites excluding steroid dienone is 2. The van der Waals surface area contributed by atoms with Gasteiger partial charge in [0.25, 0.3) is 0 Å². The third-order valence-electron chi connectivity index (χ3n) is 7.54. The molecule has 3 N–H and O–H groups in total. The van der Waals surface area contributed by atoms with Gasteiger partial charge < -0.3 is 34.5 Å². The second-order valence-corrected chi connectivity index (χ2v) is 14.1. The number of anilines is 2. The zero-order chi connectivity index (χ0) is 38.4. The Kier molecular flexibility index (Phi) is 15.9. The van der Waals surface area contributed by atoms with Crippen LogP contribution in [0.25, 0.3) is 0 Å². The molecule has 0 aliphatic carbocycles. The van der Waals surface area contributed by atoms with Gasteiger partial charge in [-0.05, 0) is 105 Å². The van der Waals surface area contributed by atoms with Gasteiger partial charge in [0.2, 0.25) is 0 Å². The summed E-state index contributed by atoms with van der Waals surface area (Å²) in [6.45, 7) is 15.8. The predicted octanol–water partition coefficient (Wildman–Crippen LogP) is 6.72. The molecule has 0 spiro atoms. The Balaban J connectivity index is 2.52. The molecule has 282 valence electrons. The highest BCUT2D eigenvalue weighted by atomic mass is 16.6. The van der Waals surface area contributed by atoms with E-state index < -0.39 is 35.0 Å². The normalized spacial score (nSPS) is 13.3. The number of esters is 2. The molecule has 2 aromatic rings. The number of aromatic nitrogens is 1. The highest BCUT2D eigenvalue weighted by molar-refractivity contribution is 6.14. The highest BCUT2D eigenvalue weighted by Gasteiger charge is 2.34. The number of carbonyl (C=O) groups excluding carboxylic acids is 3. The van der Waals surface area contributed by atoms with Crippen molar-refractivity contribution < 1.29 is 33.3 Å². The third-order valence-corrected chi connectivity index (χ3v) is 7.54. The molecule has 0 bridgehead atoms. The summed E-state index contributed by atoms with van der Waals surface area (Å²) in [7, 11) is 6.49. The molecule has 13 nitrogen and oxygen atoms in total. The van der Waals surface area contributed by atoms with Crippen molar-refractivity contribution in [3.63, 3.8) is 0 Å². The van der Waals surface area contributed by atoms with Crippen molar-refractivity contribution in [2.45, 2.75) is 98.1 Å². The van der Waals surface area contributed by atoms with Crippen LogP contribution in [-0.2, 0) is 14.2 Å². The van der Waals surface area contributed by atoms with Gasteiger partial charge in [-0.25, -0.2) is 24.4 Å². The number of benzene rings is 1. The summed E-state index contributed by atoms with van der Waals surface area (Å²) in [5, 5.41) is 9.62. The van der Waals surface area contributed by atoms with Crippen LogP contribution in [0.1, 0.15) is 107 Å². The van der Waals surface area contributed by atoms with Crippen LogP contribution in [0.3, 0.4) is 0 Å². The van der Waals surface area contributed by atoms with Gasteiger partial charge >= 0.3 is 18.0 Å². The number of unbranched alkanes of at least 4 members (excludes halogenated alkanes) is 3. The van der Waals surface area contributed by atoms with Crippen LogP contribution < -0.4 is 25.6 Å². The predicted molar refractivity (Wildman–Crippen MR) is 202 cm³/mol. The van der Waals surface area contributed by atoms with Crippen molar-refractivity contribution in [3.05, 3.63) is 59.4 Å². The van der Waals surface area contributed by atoms with Gasteiger partial charge in [-0.2, -0.15) is 0 Å². The van der Waals surface area contributed by atoms with Crippen molar-refractivity contribution in [3.8, 4) is 5.75 Å². The fourth-order valence-corrected chi connectivity index (χ4v) is 5.10. The van der Waals surface area contributed by atoms with Crippen molar-refractivity contribution in [2.24, 2.45) is 4.99 Å². The minimum absolute atomic E-state index is 0.144. The molecular formula is C38H58N6O7. The van der Waals surface area contributed by atoms with E-state index in [1.165, 1.54) is 14.2 Å². The maximum atomic E-state index is 13.3. The number of aliphatic imine (C=N–C) groups is 1. The van der Waals surface area contributed by atoms with Crippen molar-refractivity contribution >= 4 is 35.1 Å². The van der Waals surface area contributed by atoms with E-state index >= 15 is 0 Å². The molecule has 2 rings (SSSR count). The summed E-state index contributed by atoms with van der Waals surface area (Å²) in [4.78, 5) is 49.4. The quantitative estimate of drug-likeness (QED) is 0.0527. The second-order valence-electron chi connectivity index (χ2n) is 14.1. The maximum Gasteiger partial charge on any atom is 0.407 e. The number of alkyl carbamates (subject to hydrolysis) is 1. The standard InChI is InChI=1S/C38H58N6O7/c1-13-19-28(27-20-18-22-40-31(27)34(46)50-36(2,3)4)43-38(8,42-23-17-15-14-16-21-41-35(47)51-37(5,6)7)44(10)32-29(39-9)24-26(33(45)49-12)25-30(32)48-11/h13,18-20,22,24-25,39,42H,14-17,21,23H2,1-12H3,(H,41,47)/b19-13-,43-28+. The summed E-state index contributed by atoms with van der Waals surface area (Å²) in [6, 6.07) is 6.87. The van der Waals surface area contributed by atoms with Crippen LogP contribution in [0.2, 0.25) is 0 Å². The number of nitrogens with one attached hydrogen (secondary N) is 3. The van der Waals surface area contributed by atoms with E-state index in [0.717, 1.165) is 25.7 Å². The van der Waals surface area contributed by atoms with Gasteiger partial charge in [0, 0.05) is 32.4 Å². The lowest BCUT2D eigenvalue weighted by Crippen LogP contribution is -2.55. The van der Waals surface area contributed by atoms with Crippen LogP contribution >= 0.6 is 0 Å². The first-order valence-electron chi connectivity index (χ1n) is 17.2. The Morgan fingerprint density at radius 2 is 1.57 bits per heavy atom. The number of rotatable bonds is 17. The van der Waals surface area contributed by atoms with Crippen molar-refractivity contribution in [1.82, 2.24) is 15.6 Å². The Hall–Kier alpha value is -4.65. The first kappa shape index (κ1) is 42.5. The molecule has 13 heteroatoms. The number of hydrogen-bond acceptors (Lipinski definition) is 12. The number of pyridine rings is 1. The monoisotopic (exact) mass is 710 g/mol. The zero-order valence-electron chi connectivity index (χ0n) is 32.5. The Labute approximate surface area is 303 Å². The van der Waals surface area contributed by atoms with E-state index in [4.69, 9.17) is 23.9 Å². The van der Waals surface area contributed by atoms with E-state index in [-0.39, 0.29) is 5.69 Å². The second kappa shape index (κ2) is 19.1. The number of carbonyl (C=O) groups is 3. The number of ether oxygens (including phenoxy) is 4. The fraction of sp³-hybridized carbons (Fsp3) is 0.553. The summed E-state index contributed by atoms with van der Waals surface area (Å²) < 4.78 is 21.8. The van der Waals surface area contributed by atoms with E-state index in [0.29, 0.717) is 47.1 Å². The van der Waals surface area contributed by atoms with Gasteiger partial charge in [-0.15, -0.1) is 0 Å². The average Bonchev–Trinajstić information content (AvgIpc) is 3.06. The van der Waals surface area contributed by atoms with E-state index in [9.17, 15) is 14.4 Å². The van der Waals surface area contributed by atoms with Crippen LogP contribution in [0.4, 0.5) is 16.2 Å². The van der Waals surface area contributed by atoms with Gasteiger partial charge in [-0.3, -0.25) is 5.32 Å². The van der Waals surface area contributed by atoms with Gasteiger partial charge in [0.15, 0.2) is 11.5 Å². The molecule has 0 saturated carbocycles. The number of amides is 1. The summed E-state index contributed by atoms with van der Waals surface area (Å²) in [5.41, 5.74) is 1.46. The molecule has 1 atom stereocenters. The number of nitrogens with zero attached hydrogens (tertiary/aromatic N) is 3. The minimum atomic E-state index is -1.13. The largest absolute Gasteiger partial charge is 0.494 e. The first-order chi connectivity index (χ1) is 23.9. The molecule has 1 heterocycles.